The third-order valence-corrected chi connectivity index (χ3v) is 14.2. The Morgan fingerprint density at radius 1 is 0.784 bits per heavy atom. The molecule has 3 heterocycles. The summed E-state index contributed by atoms with van der Waals surface area (Å²) in [6, 6.07) is 23.3. The van der Waals surface area contributed by atoms with Crippen molar-refractivity contribution in [3.05, 3.63) is 125 Å². The summed E-state index contributed by atoms with van der Waals surface area (Å²) in [7, 11) is 0.221. The van der Waals surface area contributed by atoms with Crippen LogP contribution in [0.5, 0.6) is 11.5 Å². The highest BCUT2D eigenvalue weighted by Gasteiger charge is 2.35. The average molecular weight is 1040 g/mol. The number of Topliss-reactive ketones (excluding diaryl/α,β-unsaturated/α-hetero) is 1. The number of aliphatic hydroxyl groups excluding tert-OH is 1. The molecule has 0 aliphatic carbocycles. The van der Waals surface area contributed by atoms with Crippen LogP contribution in [0.3, 0.4) is 0 Å². The fourth-order valence-electron chi connectivity index (χ4n) is 9.55. The quantitative estimate of drug-likeness (QED) is 0.0245. The lowest BCUT2D eigenvalue weighted by molar-refractivity contribution is -0.137. The molecule has 0 aromatic heterocycles. The number of benzene rings is 5. The number of carbonyl (C=O) groups excluding carboxylic acids is 7. The lowest BCUT2D eigenvalue weighted by Crippen LogP contribution is -2.33. The minimum atomic E-state index is -2.98. The number of anilines is 3. The fourth-order valence-corrected chi connectivity index (χ4v) is 10.1. The van der Waals surface area contributed by atoms with Crippen molar-refractivity contribution >= 4 is 112 Å². The number of carbonyl (C=O) groups is 7. The zero-order chi connectivity index (χ0) is 52.6. The molecule has 382 valence electrons. The van der Waals surface area contributed by atoms with Crippen molar-refractivity contribution in [2.75, 3.05) is 74.1 Å². The Balaban J connectivity index is 1.02. The molecule has 17 nitrogen and oxygen atoms in total. The third kappa shape index (κ3) is 11.6. The van der Waals surface area contributed by atoms with E-state index in [9.17, 15) is 48.1 Å². The monoisotopic (exact) mass is 1040 g/mol. The summed E-state index contributed by atoms with van der Waals surface area (Å²) < 4.78 is 22.9. The molecule has 1 unspecified atom stereocenters. The normalized spacial score (nSPS) is 15.2. The molecule has 74 heavy (non-hydrogen) atoms. The predicted octanol–water partition coefficient (Wildman–Crippen LogP) is 7.24. The molecule has 3 aliphatic rings. The Hall–Kier alpha value is -7.56. The molecule has 5 aromatic carbocycles. The van der Waals surface area contributed by atoms with Gasteiger partial charge in [-0.25, -0.2) is 4.52 Å². The number of ether oxygens (including phenoxy) is 1. The molecule has 8 rings (SSSR count). The highest BCUT2D eigenvalue weighted by Crippen LogP contribution is 2.46. The van der Waals surface area contributed by atoms with Gasteiger partial charge in [0.25, 0.3) is 23.6 Å². The molecule has 2 N–H and O–H groups in total. The first-order chi connectivity index (χ1) is 35.7. The number of hydrogen-bond acceptors (Lipinski definition) is 11. The number of aliphatic hydroxyl groups is 1. The Morgan fingerprint density at radius 3 is 2.15 bits per heavy atom. The van der Waals surface area contributed by atoms with E-state index in [1.54, 1.807) is 78.5 Å². The van der Waals surface area contributed by atoms with Crippen LogP contribution in [0, 0.1) is 0 Å². The molecule has 3 aliphatic heterocycles. The summed E-state index contributed by atoms with van der Waals surface area (Å²) >= 11 is 6.50. The van der Waals surface area contributed by atoms with Gasteiger partial charge in [0, 0.05) is 117 Å². The summed E-state index contributed by atoms with van der Waals surface area (Å²) in [5, 5.41) is 12.3. The standard InChI is InChI=1S/C55H53ClN5O12P/c1-57(49(64)14-4-3-9-25-60-52(67)21-22-53(60)68)26-24-50(65)58(2)44-28-35(15-17-36(44)18-20-51(66)59-27-23-40-39-10-5-6-11-41(39)48(29-45(40)59)73-74(70)71)16-19-54(69)61-32-37(31-56)55-43-13-8-7-12-42(43)47(30-46(55)61)72-34-38(63)33-62/h5-8,10-13,15-22,28-30,37,62H,3-4,9,14,23-27,31-34H2,1-2H3/p+1/b19-16+,20-18+/t37-/m1/s1. The molecule has 0 radical (unpaired) electrons. The van der Waals surface area contributed by atoms with E-state index in [1.807, 2.05) is 36.4 Å². The number of rotatable bonds is 21. The van der Waals surface area contributed by atoms with Crippen LogP contribution in [0.25, 0.3) is 33.7 Å². The second-order valence-electron chi connectivity index (χ2n) is 18.1. The van der Waals surface area contributed by atoms with Gasteiger partial charge in [0.05, 0.1) is 17.1 Å². The number of fused-ring (bicyclic) bond motifs is 6. The van der Waals surface area contributed by atoms with Crippen LogP contribution in [0.4, 0.5) is 17.1 Å². The average Bonchev–Trinajstić information content (AvgIpc) is 4.11. The first kappa shape index (κ1) is 52.8. The highest BCUT2D eigenvalue weighted by atomic mass is 35.5. The molecule has 0 spiro atoms. The zero-order valence-electron chi connectivity index (χ0n) is 40.8. The number of amides is 6. The van der Waals surface area contributed by atoms with E-state index in [2.05, 4.69) is 0 Å². The van der Waals surface area contributed by atoms with Crippen LogP contribution in [0.15, 0.2) is 103 Å². The predicted molar refractivity (Wildman–Crippen MR) is 282 cm³/mol. The lowest BCUT2D eigenvalue weighted by Gasteiger charge is -2.23. The maximum atomic E-state index is 14.2. The minimum absolute atomic E-state index is 0.0431. The summed E-state index contributed by atoms with van der Waals surface area (Å²) in [5.41, 5.74) is 4.31. The van der Waals surface area contributed by atoms with Gasteiger partial charge in [-0.1, -0.05) is 67.1 Å². The fraction of sp³-hybridized carbons (Fsp3) is 0.291. The molecule has 0 bridgehead atoms. The number of alkyl halides is 1. The van der Waals surface area contributed by atoms with E-state index in [-0.39, 0.29) is 92.1 Å². The first-order valence-electron chi connectivity index (χ1n) is 24.1. The smallest absolute Gasteiger partial charge is 0.485 e. The molecular weight excluding hydrogens is 989 g/mol. The van der Waals surface area contributed by atoms with Gasteiger partial charge in [0.1, 0.15) is 19.0 Å². The Kier molecular flexibility index (Phi) is 16.8. The molecule has 0 saturated carbocycles. The van der Waals surface area contributed by atoms with Gasteiger partial charge >= 0.3 is 8.25 Å². The molecule has 0 fully saturated rings. The topological polar surface area (TPSA) is 212 Å². The largest absolute Gasteiger partial charge is 0.747 e. The number of nitrogens with zero attached hydrogens (tertiary/aromatic N) is 5. The van der Waals surface area contributed by atoms with Gasteiger partial charge in [-0.2, -0.15) is 0 Å². The van der Waals surface area contributed by atoms with Gasteiger partial charge in [-0.15, -0.1) is 16.5 Å². The van der Waals surface area contributed by atoms with Gasteiger partial charge in [0.2, 0.25) is 11.8 Å². The van der Waals surface area contributed by atoms with Crippen LogP contribution in [-0.4, -0.2) is 120 Å². The molecule has 19 heteroatoms. The van der Waals surface area contributed by atoms with Crippen LogP contribution < -0.4 is 24.0 Å². The van der Waals surface area contributed by atoms with Crippen LogP contribution in [0.1, 0.15) is 60.3 Å². The van der Waals surface area contributed by atoms with Crippen molar-refractivity contribution < 1.29 is 57.4 Å². The number of imide groups is 1. The second kappa shape index (κ2) is 23.5. The van der Waals surface area contributed by atoms with E-state index < -0.39 is 20.6 Å². The van der Waals surface area contributed by atoms with E-state index in [4.69, 9.17) is 20.9 Å². The SMILES string of the molecule is CN(CCC(=O)N(C)c1cc(/C=C/C(=O)N2C[C@@H](CCl)c3c2cc(OCC(=O)CO)c2ccccc32)ccc1/C=C/C(=O)N1CCc2c1cc(O[P+](=O)O)c1ccccc21)C(=O)CCCCCN1C(=O)C=CC1=O. The van der Waals surface area contributed by atoms with E-state index in [1.165, 1.54) is 39.0 Å². The maximum absolute atomic E-state index is 14.2. The first-order valence-corrected chi connectivity index (χ1v) is 25.8. The molecule has 2 atom stereocenters. The number of unbranched alkanes of at least 4 members (excludes halogenated alkanes) is 2. The van der Waals surface area contributed by atoms with E-state index in [0.717, 1.165) is 27.3 Å². The summed E-state index contributed by atoms with van der Waals surface area (Å²) in [5.74, 6) is -1.90. The molecule has 6 amide bonds. The third-order valence-electron chi connectivity index (χ3n) is 13.4. The van der Waals surface area contributed by atoms with Crippen LogP contribution in [0.2, 0.25) is 0 Å². The van der Waals surface area contributed by atoms with Gasteiger partial charge in [-0.3, -0.25) is 38.5 Å². The molecule has 0 saturated heterocycles. The molecular formula is C55H54ClN5O12P+. The van der Waals surface area contributed by atoms with E-state index in [0.29, 0.717) is 71.6 Å². The van der Waals surface area contributed by atoms with Crippen molar-refractivity contribution in [2.24, 2.45) is 0 Å². The van der Waals surface area contributed by atoms with Gasteiger partial charge in [0.15, 0.2) is 11.5 Å². The van der Waals surface area contributed by atoms with Gasteiger partial charge in [-0.05, 0) is 70.5 Å². The van der Waals surface area contributed by atoms with Crippen molar-refractivity contribution in [3.63, 3.8) is 0 Å². The Bertz CT molecular complexity index is 3170. The van der Waals surface area contributed by atoms with Crippen molar-refractivity contribution in [1.82, 2.24) is 9.80 Å². The van der Waals surface area contributed by atoms with Crippen molar-refractivity contribution in [2.45, 2.75) is 44.4 Å². The summed E-state index contributed by atoms with van der Waals surface area (Å²) in [6.45, 7) is -0.0308. The highest BCUT2D eigenvalue weighted by molar-refractivity contribution is 7.32. The van der Waals surface area contributed by atoms with E-state index >= 15 is 0 Å². The van der Waals surface area contributed by atoms with Crippen molar-refractivity contribution in [1.29, 1.82) is 0 Å². The molecule has 5 aromatic rings. The minimum Gasteiger partial charge on any atom is -0.485 e. The van der Waals surface area contributed by atoms with Crippen LogP contribution in [-0.2, 0) is 44.5 Å². The Labute approximate surface area is 432 Å². The summed E-state index contributed by atoms with van der Waals surface area (Å²) in [4.78, 5) is 108. The van der Waals surface area contributed by atoms with Crippen molar-refractivity contribution in [3.8, 4) is 11.5 Å². The maximum Gasteiger partial charge on any atom is 0.747 e. The number of hydrogen-bond donors (Lipinski definition) is 2. The number of halogens is 1. The lowest BCUT2D eigenvalue weighted by atomic mass is 9.95. The zero-order valence-corrected chi connectivity index (χ0v) is 42.4. The summed E-state index contributed by atoms with van der Waals surface area (Å²) in [6.07, 6.45) is 10.9. The van der Waals surface area contributed by atoms with Crippen LogP contribution >= 0.6 is 19.9 Å². The Morgan fingerprint density at radius 2 is 1.45 bits per heavy atom. The second-order valence-corrected chi connectivity index (χ2v) is 19.1. The number of ketones is 1. The van der Waals surface area contributed by atoms with Gasteiger partial charge < -0.3 is 29.4 Å².